The van der Waals surface area contributed by atoms with E-state index in [0.717, 1.165) is 18.2 Å². The standard InChI is InChI=1S/C23H28F3N8OP/c1-15-18(16-10-30-31-11-16)9-17(36(3,4)35)13-34(15)21-5-6-29-22(32-21)19(12-27-2)33-8-7-28-20(14-33)23(24,25)26/h5-7,10-12,14-15,17-18H,2,8-9,13H2,1,3-4H3,(H,30,31)/b19-12-. The Bertz CT molecular complexity index is 1230. The third-order valence-electron chi connectivity index (χ3n) is 6.60. The largest absolute Gasteiger partial charge is 0.434 e. The molecule has 2 aliphatic heterocycles. The third kappa shape index (κ3) is 5.43. The van der Waals surface area contributed by atoms with Crippen molar-refractivity contribution in [3.8, 4) is 0 Å². The van der Waals surface area contributed by atoms with Gasteiger partial charge in [-0.25, -0.2) is 9.97 Å². The lowest BCUT2D eigenvalue weighted by Gasteiger charge is -2.45. The van der Waals surface area contributed by atoms with Crippen LogP contribution in [0.3, 0.4) is 0 Å². The predicted octanol–water partition coefficient (Wildman–Crippen LogP) is 4.36. The van der Waals surface area contributed by atoms with E-state index in [2.05, 4.69) is 43.7 Å². The van der Waals surface area contributed by atoms with E-state index in [1.807, 2.05) is 6.20 Å². The van der Waals surface area contributed by atoms with Gasteiger partial charge in [-0.05, 0) is 45.0 Å². The van der Waals surface area contributed by atoms with Crippen LogP contribution in [-0.2, 0) is 4.57 Å². The van der Waals surface area contributed by atoms with Crippen LogP contribution in [-0.4, -0.2) is 82.3 Å². The van der Waals surface area contributed by atoms with Crippen molar-refractivity contribution in [2.45, 2.75) is 37.1 Å². The second-order valence-electron chi connectivity index (χ2n) is 9.27. The molecule has 0 amide bonds. The summed E-state index contributed by atoms with van der Waals surface area (Å²) in [5, 5.41) is 6.94. The lowest BCUT2D eigenvalue weighted by Crippen LogP contribution is -2.48. The molecule has 13 heteroatoms. The topological polar surface area (TPSA) is 103 Å². The zero-order chi connectivity index (χ0) is 26.1. The highest BCUT2D eigenvalue weighted by Gasteiger charge is 2.40. The molecule has 4 heterocycles. The highest BCUT2D eigenvalue weighted by atomic mass is 31.2. The van der Waals surface area contributed by atoms with Crippen LogP contribution in [0.2, 0.25) is 0 Å². The average Bonchev–Trinajstić information content (AvgIpc) is 3.36. The van der Waals surface area contributed by atoms with Gasteiger partial charge >= 0.3 is 6.18 Å². The molecule has 3 unspecified atom stereocenters. The summed E-state index contributed by atoms with van der Waals surface area (Å²) in [5.74, 6) is 0.840. The van der Waals surface area contributed by atoms with Crippen LogP contribution < -0.4 is 4.90 Å². The van der Waals surface area contributed by atoms with Crippen molar-refractivity contribution < 1.29 is 17.7 Å². The van der Waals surface area contributed by atoms with E-state index in [-0.39, 0.29) is 35.7 Å². The van der Waals surface area contributed by atoms with Gasteiger partial charge in [-0.2, -0.15) is 18.3 Å². The summed E-state index contributed by atoms with van der Waals surface area (Å²) in [6.45, 7) is 9.74. The SMILES string of the molecule is C=N/C=C(/c1nccc(N2CC(P(C)(C)=O)CC(c3cn[nH]c3)C2C)n1)N1C=C(C(F)(F)F)N=CC1. The minimum atomic E-state index is -4.60. The first kappa shape index (κ1) is 25.8. The number of aliphatic imine (C=N–C) groups is 2. The van der Waals surface area contributed by atoms with E-state index in [1.54, 1.807) is 31.8 Å². The van der Waals surface area contributed by atoms with Gasteiger partial charge in [0.1, 0.15) is 11.5 Å². The van der Waals surface area contributed by atoms with Crippen LogP contribution >= 0.6 is 7.14 Å². The number of rotatable bonds is 6. The fourth-order valence-electron chi connectivity index (χ4n) is 4.56. The van der Waals surface area contributed by atoms with Crippen molar-refractivity contribution in [2.24, 2.45) is 9.98 Å². The number of hydrogen-bond donors (Lipinski definition) is 1. The van der Waals surface area contributed by atoms with Crippen molar-refractivity contribution in [3.05, 3.63) is 54.1 Å². The average molecular weight is 520 g/mol. The number of anilines is 1. The van der Waals surface area contributed by atoms with Gasteiger partial charge in [0.05, 0.1) is 26.1 Å². The molecule has 36 heavy (non-hydrogen) atoms. The van der Waals surface area contributed by atoms with E-state index in [0.29, 0.717) is 12.4 Å². The van der Waals surface area contributed by atoms with E-state index in [9.17, 15) is 17.7 Å². The maximum atomic E-state index is 13.3. The molecule has 0 spiro atoms. The van der Waals surface area contributed by atoms with Crippen molar-refractivity contribution >= 4 is 31.6 Å². The molecule has 0 radical (unpaired) electrons. The van der Waals surface area contributed by atoms with Gasteiger partial charge in [0, 0.05) is 49.0 Å². The quantitative estimate of drug-likeness (QED) is 0.449. The molecule has 2 aliphatic rings. The number of hydrogen-bond acceptors (Lipinski definition) is 8. The molecular formula is C23H28F3N8OP. The zero-order valence-electron chi connectivity index (χ0n) is 20.2. The van der Waals surface area contributed by atoms with E-state index >= 15 is 0 Å². The Kier molecular flexibility index (Phi) is 7.17. The van der Waals surface area contributed by atoms with Gasteiger partial charge in [-0.15, -0.1) is 0 Å². The Hall–Kier alpha value is -3.27. The predicted molar refractivity (Wildman–Crippen MR) is 135 cm³/mol. The molecule has 1 saturated heterocycles. The monoisotopic (exact) mass is 520 g/mol. The number of aromatic nitrogens is 4. The number of nitrogens with one attached hydrogen (secondary N) is 1. The Balaban J connectivity index is 1.71. The molecule has 0 saturated carbocycles. The highest BCUT2D eigenvalue weighted by molar-refractivity contribution is 7.63. The Morgan fingerprint density at radius 3 is 2.78 bits per heavy atom. The van der Waals surface area contributed by atoms with Gasteiger partial charge in [-0.1, -0.05) is 0 Å². The van der Waals surface area contributed by atoms with Gasteiger partial charge in [-0.3, -0.25) is 15.1 Å². The second-order valence-corrected chi connectivity index (χ2v) is 12.9. The van der Waals surface area contributed by atoms with Crippen LogP contribution in [0, 0.1) is 0 Å². The summed E-state index contributed by atoms with van der Waals surface area (Å²) in [4.78, 5) is 19.7. The third-order valence-corrected chi connectivity index (χ3v) is 8.73. The fourth-order valence-corrected chi connectivity index (χ4v) is 5.86. The minimum absolute atomic E-state index is 0.00282. The molecule has 192 valence electrons. The van der Waals surface area contributed by atoms with Crippen molar-refractivity contribution in [1.29, 1.82) is 0 Å². The minimum Gasteiger partial charge on any atom is -0.352 e. The van der Waals surface area contributed by atoms with Gasteiger partial charge in [0.15, 0.2) is 11.5 Å². The van der Waals surface area contributed by atoms with Crippen LogP contribution in [0.1, 0.15) is 30.7 Å². The van der Waals surface area contributed by atoms with Crippen molar-refractivity contribution in [1.82, 2.24) is 25.1 Å². The van der Waals surface area contributed by atoms with Gasteiger partial charge in [0.2, 0.25) is 0 Å². The van der Waals surface area contributed by atoms with E-state index in [4.69, 9.17) is 4.98 Å². The molecule has 4 rings (SSSR count). The first-order chi connectivity index (χ1) is 17.0. The lowest BCUT2D eigenvalue weighted by molar-refractivity contribution is -0.0934. The first-order valence-corrected chi connectivity index (χ1v) is 14.0. The zero-order valence-corrected chi connectivity index (χ0v) is 21.1. The number of piperidine rings is 1. The maximum absolute atomic E-state index is 13.3. The van der Waals surface area contributed by atoms with Crippen LogP contribution in [0.15, 0.2) is 52.7 Å². The molecular weight excluding hydrogens is 492 g/mol. The van der Waals surface area contributed by atoms with Crippen LogP contribution in [0.4, 0.5) is 19.0 Å². The summed E-state index contributed by atoms with van der Waals surface area (Å²) in [6, 6.07) is 1.75. The van der Waals surface area contributed by atoms with Crippen LogP contribution in [0.5, 0.6) is 0 Å². The van der Waals surface area contributed by atoms with Gasteiger partial charge in [0.25, 0.3) is 0 Å². The number of aromatic amines is 1. The van der Waals surface area contributed by atoms with E-state index < -0.39 is 19.0 Å². The normalized spacial score (nSPS) is 23.6. The molecule has 0 bridgehead atoms. The number of H-pyrrole nitrogens is 1. The smallest absolute Gasteiger partial charge is 0.352 e. The second kappa shape index (κ2) is 10.0. The molecule has 9 nitrogen and oxygen atoms in total. The van der Waals surface area contributed by atoms with Gasteiger partial charge < -0.3 is 14.4 Å². The molecule has 1 fully saturated rings. The van der Waals surface area contributed by atoms with Crippen LogP contribution in [0.25, 0.3) is 5.70 Å². The fraction of sp³-hybridized carbons (Fsp3) is 0.435. The molecule has 1 N–H and O–H groups in total. The van der Waals surface area contributed by atoms with E-state index in [1.165, 1.54) is 17.3 Å². The lowest BCUT2D eigenvalue weighted by atomic mass is 9.85. The number of halogens is 3. The number of alkyl halides is 3. The molecule has 3 atom stereocenters. The Labute approximate surface area is 207 Å². The number of nitrogens with zero attached hydrogens (tertiary/aromatic N) is 7. The number of allylic oxidation sites excluding steroid dienone is 1. The summed E-state index contributed by atoms with van der Waals surface area (Å²) in [5.41, 5.74) is 0.183. The summed E-state index contributed by atoms with van der Waals surface area (Å²) < 4.78 is 52.9. The first-order valence-electron chi connectivity index (χ1n) is 11.4. The Morgan fingerprint density at radius 1 is 1.36 bits per heavy atom. The maximum Gasteiger partial charge on any atom is 0.434 e. The molecule has 0 aromatic carbocycles. The molecule has 2 aromatic heterocycles. The Morgan fingerprint density at radius 2 is 2.14 bits per heavy atom. The summed E-state index contributed by atoms with van der Waals surface area (Å²) in [7, 11) is -2.44. The summed E-state index contributed by atoms with van der Waals surface area (Å²) >= 11 is 0. The van der Waals surface area contributed by atoms with Crippen molar-refractivity contribution in [3.63, 3.8) is 0 Å². The summed E-state index contributed by atoms with van der Waals surface area (Å²) in [6.07, 6.45) is 4.75. The van der Waals surface area contributed by atoms with Crippen molar-refractivity contribution in [2.75, 3.05) is 31.3 Å². The molecule has 2 aromatic rings. The molecule has 0 aliphatic carbocycles. The highest BCUT2D eigenvalue weighted by Crippen LogP contribution is 2.50.